The van der Waals surface area contributed by atoms with Crippen LogP contribution in [-0.2, 0) is 10.2 Å². The van der Waals surface area contributed by atoms with Crippen LogP contribution in [0.5, 0.6) is 0 Å². The predicted octanol–water partition coefficient (Wildman–Crippen LogP) is 2.94. The zero-order chi connectivity index (χ0) is 14.9. The highest BCUT2D eigenvalue weighted by Gasteiger charge is 2.63. The molecule has 4 aliphatic rings. The van der Waals surface area contributed by atoms with E-state index >= 15 is 0 Å². The summed E-state index contributed by atoms with van der Waals surface area (Å²) in [4.78, 5) is 14.7. The second-order valence-electron chi connectivity index (χ2n) is 7.29. The molecule has 0 radical (unpaired) electrons. The lowest BCUT2D eigenvalue weighted by Gasteiger charge is -2.52. The van der Waals surface area contributed by atoms with Crippen molar-refractivity contribution in [1.29, 1.82) is 0 Å². The van der Waals surface area contributed by atoms with Crippen LogP contribution in [0, 0.1) is 11.8 Å². The summed E-state index contributed by atoms with van der Waals surface area (Å²) in [5, 5.41) is 3.65. The van der Waals surface area contributed by atoms with Crippen LogP contribution in [0.2, 0.25) is 0 Å². The number of carbonyl (C=O) groups is 1. The van der Waals surface area contributed by atoms with Gasteiger partial charge >= 0.3 is 0 Å². The molecule has 1 spiro atoms. The van der Waals surface area contributed by atoms with Gasteiger partial charge in [0.25, 0.3) is 0 Å². The summed E-state index contributed by atoms with van der Waals surface area (Å²) in [7, 11) is 0. The third kappa shape index (κ3) is 1.26. The molecule has 1 aromatic rings. The molecule has 1 aromatic carbocycles. The fourth-order valence-corrected chi connectivity index (χ4v) is 6.03. The standard InChI is InChI=1S/C19H22N2O/c1-2-12-13-7-9-21-10-8-19(18(12)21)15-5-3-4-6-16(15)20-17(19)14(13)11-22/h3-6,11-13,18,20H,2,7-10H2,1H3. The van der Waals surface area contributed by atoms with Crippen molar-refractivity contribution in [3.8, 4) is 0 Å². The Morgan fingerprint density at radius 1 is 1.36 bits per heavy atom. The number of carbonyl (C=O) groups excluding carboxylic acids is 1. The van der Waals surface area contributed by atoms with E-state index in [2.05, 4.69) is 41.4 Å². The third-order valence-electron chi connectivity index (χ3n) is 6.74. The Morgan fingerprint density at radius 2 is 2.23 bits per heavy atom. The highest BCUT2D eigenvalue weighted by atomic mass is 16.1. The lowest BCUT2D eigenvalue weighted by Crippen LogP contribution is -2.57. The van der Waals surface area contributed by atoms with Crippen molar-refractivity contribution in [2.75, 3.05) is 18.4 Å². The number of nitrogens with zero attached hydrogens (tertiary/aromatic N) is 1. The number of rotatable bonds is 2. The van der Waals surface area contributed by atoms with Gasteiger partial charge in [0, 0.05) is 23.0 Å². The molecule has 0 saturated carbocycles. The summed E-state index contributed by atoms with van der Waals surface area (Å²) in [6, 6.07) is 9.27. The summed E-state index contributed by atoms with van der Waals surface area (Å²) < 4.78 is 0. The summed E-state index contributed by atoms with van der Waals surface area (Å²) in [5.74, 6) is 1.07. The topological polar surface area (TPSA) is 32.3 Å². The molecule has 114 valence electrons. The molecule has 0 amide bonds. The Morgan fingerprint density at radius 3 is 3.05 bits per heavy atom. The molecule has 2 fully saturated rings. The molecule has 3 heteroatoms. The molecule has 4 atom stereocenters. The third-order valence-corrected chi connectivity index (χ3v) is 6.74. The molecule has 0 aromatic heterocycles. The number of hydrogen-bond acceptors (Lipinski definition) is 3. The van der Waals surface area contributed by atoms with Crippen LogP contribution in [0.3, 0.4) is 0 Å². The number of para-hydroxylation sites is 1. The molecular weight excluding hydrogens is 272 g/mol. The predicted molar refractivity (Wildman–Crippen MR) is 86.7 cm³/mol. The number of fused-ring (bicyclic) bond motifs is 2. The van der Waals surface area contributed by atoms with Gasteiger partial charge in [-0.25, -0.2) is 0 Å². The molecular formula is C19H22N2O. The van der Waals surface area contributed by atoms with Crippen LogP contribution in [0.15, 0.2) is 35.5 Å². The highest BCUT2D eigenvalue weighted by molar-refractivity contribution is 5.83. The molecule has 1 N–H and O–H groups in total. The molecule has 2 saturated heterocycles. The van der Waals surface area contributed by atoms with Crippen LogP contribution in [0.4, 0.5) is 5.69 Å². The minimum atomic E-state index is 0.0461. The summed E-state index contributed by atoms with van der Waals surface area (Å²) >= 11 is 0. The zero-order valence-corrected chi connectivity index (χ0v) is 13.0. The van der Waals surface area contributed by atoms with Crippen LogP contribution >= 0.6 is 0 Å². The quantitative estimate of drug-likeness (QED) is 0.851. The van der Waals surface area contributed by atoms with Gasteiger partial charge in [-0.15, -0.1) is 0 Å². The highest BCUT2D eigenvalue weighted by Crippen LogP contribution is 2.62. The Balaban J connectivity index is 1.84. The minimum Gasteiger partial charge on any atom is -0.358 e. The molecule has 3 aliphatic heterocycles. The number of benzene rings is 1. The van der Waals surface area contributed by atoms with E-state index in [4.69, 9.17) is 0 Å². The summed E-state index contributed by atoms with van der Waals surface area (Å²) in [5.41, 5.74) is 5.01. The van der Waals surface area contributed by atoms with E-state index < -0.39 is 0 Å². The van der Waals surface area contributed by atoms with Gasteiger partial charge in [0.05, 0.1) is 5.41 Å². The molecule has 5 rings (SSSR count). The number of nitrogens with one attached hydrogen (secondary N) is 1. The fraction of sp³-hybridized carbons (Fsp3) is 0.526. The molecule has 3 nitrogen and oxygen atoms in total. The molecule has 4 unspecified atom stereocenters. The zero-order valence-electron chi connectivity index (χ0n) is 13.0. The Bertz CT molecular complexity index is 694. The maximum Gasteiger partial charge on any atom is 0.148 e. The van der Waals surface area contributed by atoms with Crippen molar-refractivity contribution in [3.05, 3.63) is 41.1 Å². The summed E-state index contributed by atoms with van der Waals surface area (Å²) in [6.07, 6.45) is 4.62. The monoisotopic (exact) mass is 294 g/mol. The molecule has 22 heavy (non-hydrogen) atoms. The van der Waals surface area contributed by atoms with Gasteiger partial charge in [0.15, 0.2) is 0 Å². The Kier molecular flexibility index (Phi) is 2.48. The van der Waals surface area contributed by atoms with Crippen LogP contribution in [-0.4, -0.2) is 30.3 Å². The van der Waals surface area contributed by atoms with Gasteiger partial charge in [0.2, 0.25) is 0 Å². The number of allylic oxidation sites excluding steroid dienone is 1. The number of piperidine rings is 1. The lowest BCUT2D eigenvalue weighted by atomic mass is 9.57. The van der Waals surface area contributed by atoms with E-state index in [0.717, 1.165) is 31.2 Å². The van der Waals surface area contributed by atoms with Gasteiger partial charge in [0.1, 0.15) is 6.29 Å². The van der Waals surface area contributed by atoms with E-state index in [9.17, 15) is 4.79 Å². The first kappa shape index (κ1) is 12.9. The van der Waals surface area contributed by atoms with Gasteiger partial charge in [-0.2, -0.15) is 0 Å². The smallest absolute Gasteiger partial charge is 0.148 e. The average molecular weight is 294 g/mol. The summed E-state index contributed by atoms with van der Waals surface area (Å²) in [6.45, 7) is 4.62. The van der Waals surface area contributed by atoms with Crippen LogP contribution < -0.4 is 5.32 Å². The SMILES string of the molecule is CCC1C2CCN3CCC4(C(=C2C=O)Nc2ccccc24)C13. The number of anilines is 1. The first-order chi connectivity index (χ1) is 10.8. The maximum absolute atomic E-state index is 12.0. The van der Waals surface area contributed by atoms with Crippen molar-refractivity contribution in [2.24, 2.45) is 11.8 Å². The van der Waals surface area contributed by atoms with Crippen molar-refractivity contribution < 1.29 is 4.79 Å². The van der Waals surface area contributed by atoms with E-state index in [0.29, 0.717) is 17.9 Å². The normalized spacial score (nSPS) is 38.5. The van der Waals surface area contributed by atoms with Gasteiger partial charge in [-0.05, 0) is 49.4 Å². The van der Waals surface area contributed by atoms with Crippen molar-refractivity contribution in [2.45, 2.75) is 37.6 Å². The number of aldehydes is 1. The first-order valence-electron chi connectivity index (χ1n) is 8.61. The maximum atomic E-state index is 12.0. The molecule has 1 aliphatic carbocycles. The van der Waals surface area contributed by atoms with Crippen molar-refractivity contribution >= 4 is 12.0 Å². The van der Waals surface area contributed by atoms with E-state index in [1.165, 1.54) is 29.9 Å². The molecule has 2 bridgehead atoms. The number of hydrogen-bond donors (Lipinski definition) is 1. The first-order valence-corrected chi connectivity index (χ1v) is 8.61. The Hall–Kier alpha value is -1.61. The van der Waals surface area contributed by atoms with Crippen molar-refractivity contribution in [3.63, 3.8) is 0 Å². The molecule has 3 heterocycles. The lowest BCUT2D eigenvalue weighted by molar-refractivity contribution is -0.106. The van der Waals surface area contributed by atoms with E-state index in [1.54, 1.807) is 0 Å². The van der Waals surface area contributed by atoms with Gasteiger partial charge in [-0.1, -0.05) is 31.5 Å². The minimum absolute atomic E-state index is 0.0461. The van der Waals surface area contributed by atoms with Crippen LogP contribution in [0.1, 0.15) is 31.7 Å². The fourth-order valence-electron chi connectivity index (χ4n) is 6.03. The van der Waals surface area contributed by atoms with E-state index in [1.807, 2.05) is 0 Å². The van der Waals surface area contributed by atoms with E-state index in [-0.39, 0.29) is 5.41 Å². The van der Waals surface area contributed by atoms with Crippen LogP contribution in [0.25, 0.3) is 0 Å². The van der Waals surface area contributed by atoms with Crippen molar-refractivity contribution in [1.82, 2.24) is 4.90 Å². The largest absolute Gasteiger partial charge is 0.358 e. The average Bonchev–Trinajstić information content (AvgIpc) is 3.11. The Labute approximate surface area is 131 Å². The second-order valence-corrected chi connectivity index (χ2v) is 7.29. The van der Waals surface area contributed by atoms with Gasteiger partial charge < -0.3 is 5.32 Å². The second kappa shape index (κ2) is 4.23. The van der Waals surface area contributed by atoms with Gasteiger partial charge in [-0.3, -0.25) is 9.69 Å².